The Balaban J connectivity index is 1.45. The van der Waals surface area contributed by atoms with Crippen molar-refractivity contribution in [2.24, 2.45) is 0 Å². The molecule has 2 aromatic rings. The van der Waals surface area contributed by atoms with Gasteiger partial charge in [0.05, 0.1) is 5.56 Å². The van der Waals surface area contributed by atoms with Crippen molar-refractivity contribution in [1.82, 2.24) is 15.2 Å². The van der Waals surface area contributed by atoms with E-state index in [2.05, 4.69) is 76.1 Å². The number of nitrogens with zero attached hydrogens (tertiary/aromatic N) is 4. The first-order chi connectivity index (χ1) is 14.1. The zero-order chi connectivity index (χ0) is 20.6. The summed E-state index contributed by atoms with van der Waals surface area (Å²) in [5, 5.41) is 3.07. The molecule has 1 unspecified atom stereocenters. The van der Waals surface area contributed by atoms with Gasteiger partial charge in [-0.2, -0.15) is 0 Å². The van der Waals surface area contributed by atoms with E-state index >= 15 is 0 Å². The first-order valence-corrected chi connectivity index (χ1v) is 10.7. The average molecular weight is 396 g/mol. The zero-order valence-corrected chi connectivity index (χ0v) is 17.8. The molecule has 1 aliphatic rings. The van der Waals surface area contributed by atoms with E-state index in [9.17, 15) is 4.79 Å². The standard InChI is InChI=1S/C23H33N5O/c1-4-26(5-2)22-12-11-20(18-24-22)23(29)25-17-19(3)27-13-15-28(16-14-27)21-9-7-6-8-10-21/h6-12,18-19H,4-5,13-17H2,1-3H3,(H,25,29). The van der Waals surface area contributed by atoms with Crippen molar-refractivity contribution >= 4 is 17.4 Å². The molecule has 3 rings (SSSR count). The second kappa shape index (κ2) is 10.3. The fourth-order valence-electron chi connectivity index (χ4n) is 3.79. The van der Waals surface area contributed by atoms with Gasteiger partial charge in [0.15, 0.2) is 0 Å². The minimum atomic E-state index is -0.0571. The van der Waals surface area contributed by atoms with E-state index in [-0.39, 0.29) is 5.91 Å². The zero-order valence-electron chi connectivity index (χ0n) is 17.8. The van der Waals surface area contributed by atoms with Crippen molar-refractivity contribution in [3.63, 3.8) is 0 Å². The van der Waals surface area contributed by atoms with Crippen molar-refractivity contribution in [3.8, 4) is 0 Å². The quantitative estimate of drug-likeness (QED) is 0.745. The van der Waals surface area contributed by atoms with Crippen LogP contribution in [0.1, 0.15) is 31.1 Å². The number of pyridine rings is 1. The van der Waals surface area contributed by atoms with Crippen LogP contribution in [0.3, 0.4) is 0 Å². The van der Waals surface area contributed by atoms with Gasteiger partial charge in [-0.15, -0.1) is 0 Å². The van der Waals surface area contributed by atoms with Crippen LogP contribution in [-0.2, 0) is 0 Å². The molecule has 1 amide bonds. The molecule has 1 N–H and O–H groups in total. The summed E-state index contributed by atoms with van der Waals surface area (Å²) < 4.78 is 0. The molecule has 0 radical (unpaired) electrons. The molecule has 1 atom stereocenters. The third-order valence-corrected chi connectivity index (χ3v) is 5.71. The predicted molar refractivity (Wildman–Crippen MR) is 120 cm³/mol. The fraction of sp³-hybridized carbons (Fsp3) is 0.478. The fourth-order valence-corrected chi connectivity index (χ4v) is 3.79. The molecular formula is C23H33N5O. The average Bonchev–Trinajstić information content (AvgIpc) is 2.79. The van der Waals surface area contributed by atoms with Gasteiger partial charge >= 0.3 is 0 Å². The van der Waals surface area contributed by atoms with E-state index in [1.807, 2.05) is 12.1 Å². The summed E-state index contributed by atoms with van der Waals surface area (Å²) >= 11 is 0. The highest BCUT2D eigenvalue weighted by atomic mass is 16.1. The molecule has 0 aliphatic carbocycles. The smallest absolute Gasteiger partial charge is 0.252 e. The van der Waals surface area contributed by atoms with E-state index in [1.54, 1.807) is 6.20 Å². The van der Waals surface area contributed by atoms with E-state index < -0.39 is 0 Å². The van der Waals surface area contributed by atoms with Gasteiger partial charge in [-0.05, 0) is 45.0 Å². The Kier molecular flexibility index (Phi) is 7.47. The first kappa shape index (κ1) is 21.1. The minimum Gasteiger partial charge on any atom is -0.369 e. The monoisotopic (exact) mass is 395 g/mol. The number of anilines is 2. The summed E-state index contributed by atoms with van der Waals surface area (Å²) in [4.78, 5) is 24.0. The normalized spacial score (nSPS) is 15.8. The second-order valence-corrected chi connectivity index (χ2v) is 7.49. The van der Waals surface area contributed by atoms with E-state index in [4.69, 9.17) is 0 Å². The van der Waals surface area contributed by atoms with Crippen LogP contribution >= 0.6 is 0 Å². The minimum absolute atomic E-state index is 0.0571. The van der Waals surface area contributed by atoms with Gasteiger partial charge in [-0.1, -0.05) is 18.2 Å². The number of hydrogen-bond acceptors (Lipinski definition) is 5. The highest BCUT2D eigenvalue weighted by Gasteiger charge is 2.21. The maximum absolute atomic E-state index is 12.5. The van der Waals surface area contributed by atoms with Gasteiger partial charge < -0.3 is 15.1 Å². The molecule has 6 nitrogen and oxygen atoms in total. The first-order valence-electron chi connectivity index (χ1n) is 10.7. The maximum atomic E-state index is 12.5. The summed E-state index contributed by atoms with van der Waals surface area (Å²) in [6.45, 7) is 12.9. The van der Waals surface area contributed by atoms with Gasteiger partial charge in [0, 0.05) is 63.7 Å². The number of rotatable bonds is 8. The summed E-state index contributed by atoms with van der Waals surface area (Å²) in [7, 11) is 0. The molecular weight excluding hydrogens is 362 g/mol. The molecule has 1 aliphatic heterocycles. The van der Waals surface area contributed by atoms with Crippen LogP contribution in [-0.4, -0.2) is 67.6 Å². The lowest BCUT2D eigenvalue weighted by Gasteiger charge is -2.39. The van der Waals surface area contributed by atoms with Crippen LogP contribution in [0.2, 0.25) is 0 Å². The van der Waals surface area contributed by atoms with Crippen LogP contribution in [0.4, 0.5) is 11.5 Å². The molecule has 0 spiro atoms. The van der Waals surface area contributed by atoms with E-state index in [1.165, 1.54) is 5.69 Å². The Bertz CT molecular complexity index is 753. The molecule has 0 bridgehead atoms. The SMILES string of the molecule is CCN(CC)c1ccc(C(=O)NCC(C)N2CCN(c3ccccc3)CC2)cn1. The number of piperazine rings is 1. The molecule has 1 fully saturated rings. The van der Waals surface area contributed by atoms with Gasteiger partial charge in [0.25, 0.3) is 5.91 Å². The van der Waals surface area contributed by atoms with Crippen molar-refractivity contribution < 1.29 is 4.79 Å². The number of carbonyl (C=O) groups excluding carboxylic acids is 1. The molecule has 156 valence electrons. The predicted octanol–water partition coefficient (Wildman–Crippen LogP) is 2.87. The number of para-hydroxylation sites is 1. The molecule has 29 heavy (non-hydrogen) atoms. The van der Waals surface area contributed by atoms with E-state index in [0.29, 0.717) is 18.2 Å². The molecule has 1 aromatic carbocycles. The lowest BCUT2D eigenvalue weighted by Crippen LogP contribution is -2.52. The van der Waals surface area contributed by atoms with Crippen LogP contribution in [0.15, 0.2) is 48.7 Å². The third-order valence-electron chi connectivity index (χ3n) is 5.71. The van der Waals surface area contributed by atoms with E-state index in [0.717, 1.165) is 45.1 Å². The van der Waals surface area contributed by atoms with Crippen molar-refractivity contribution in [2.45, 2.75) is 26.8 Å². The van der Waals surface area contributed by atoms with Crippen molar-refractivity contribution in [2.75, 3.05) is 55.6 Å². The molecule has 0 saturated carbocycles. The number of benzene rings is 1. The van der Waals surface area contributed by atoms with Gasteiger partial charge in [0.2, 0.25) is 0 Å². The van der Waals surface area contributed by atoms with Crippen molar-refractivity contribution in [3.05, 3.63) is 54.2 Å². The van der Waals surface area contributed by atoms with Gasteiger partial charge in [0.1, 0.15) is 5.82 Å². The van der Waals surface area contributed by atoms with Gasteiger partial charge in [-0.25, -0.2) is 4.98 Å². The highest BCUT2D eigenvalue weighted by Crippen LogP contribution is 2.16. The molecule has 2 heterocycles. The molecule has 1 aromatic heterocycles. The van der Waals surface area contributed by atoms with Crippen LogP contribution in [0.25, 0.3) is 0 Å². The Morgan fingerprint density at radius 3 is 2.34 bits per heavy atom. The maximum Gasteiger partial charge on any atom is 0.252 e. The highest BCUT2D eigenvalue weighted by molar-refractivity contribution is 5.94. The summed E-state index contributed by atoms with van der Waals surface area (Å²) in [5.74, 6) is 0.856. The Morgan fingerprint density at radius 2 is 1.76 bits per heavy atom. The Morgan fingerprint density at radius 1 is 1.07 bits per heavy atom. The Labute approximate surface area is 174 Å². The number of amides is 1. The molecule has 1 saturated heterocycles. The van der Waals surface area contributed by atoms with Crippen LogP contribution in [0.5, 0.6) is 0 Å². The lowest BCUT2D eigenvalue weighted by molar-refractivity contribution is 0.0934. The number of nitrogens with one attached hydrogen (secondary N) is 1. The largest absolute Gasteiger partial charge is 0.369 e. The number of carbonyl (C=O) groups is 1. The number of hydrogen-bond donors (Lipinski definition) is 1. The topological polar surface area (TPSA) is 51.7 Å². The second-order valence-electron chi connectivity index (χ2n) is 7.49. The lowest BCUT2D eigenvalue weighted by atomic mass is 10.2. The summed E-state index contributed by atoms with van der Waals surface area (Å²) in [5.41, 5.74) is 1.90. The number of aromatic nitrogens is 1. The Hall–Kier alpha value is -2.60. The van der Waals surface area contributed by atoms with Crippen LogP contribution < -0.4 is 15.1 Å². The van der Waals surface area contributed by atoms with Gasteiger partial charge in [-0.3, -0.25) is 9.69 Å². The molecule has 6 heteroatoms. The van der Waals surface area contributed by atoms with Crippen molar-refractivity contribution in [1.29, 1.82) is 0 Å². The third kappa shape index (κ3) is 5.48. The van der Waals surface area contributed by atoms with Crippen LogP contribution in [0, 0.1) is 0 Å². The summed E-state index contributed by atoms with van der Waals surface area (Å²) in [6, 6.07) is 14.6. The summed E-state index contributed by atoms with van der Waals surface area (Å²) in [6.07, 6.45) is 1.67.